The van der Waals surface area contributed by atoms with Crippen LogP contribution >= 0.6 is 0 Å². The van der Waals surface area contributed by atoms with Crippen molar-refractivity contribution >= 4 is 22.8 Å². The van der Waals surface area contributed by atoms with Crippen LogP contribution in [-0.2, 0) is 18.0 Å². The van der Waals surface area contributed by atoms with Gasteiger partial charge in [0.25, 0.3) is 5.91 Å². The van der Waals surface area contributed by atoms with Gasteiger partial charge in [-0.25, -0.2) is 0 Å². The third kappa shape index (κ3) is 3.15. The van der Waals surface area contributed by atoms with Gasteiger partial charge in [-0.1, -0.05) is 0 Å². The van der Waals surface area contributed by atoms with Crippen LogP contribution in [0.5, 0.6) is 0 Å². The van der Waals surface area contributed by atoms with E-state index in [1.165, 1.54) is 17.0 Å². The summed E-state index contributed by atoms with van der Waals surface area (Å²) in [5.41, 5.74) is -0.00936. The fourth-order valence-corrected chi connectivity index (χ4v) is 3.47. The second-order valence-corrected chi connectivity index (χ2v) is 6.78. The zero-order valence-electron chi connectivity index (χ0n) is 14.4. The highest BCUT2D eigenvalue weighted by Gasteiger charge is 2.34. The van der Waals surface area contributed by atoms with E-state index >= 15 is 0 Å². The summed E-state index contributed by atoms with van der Waals surface area (Å²) in [6, 6.07) is 4.66. The molecule has 0 aliphatic carbocycles. The fourth-order valence-electron chi connectivity index (χ4n) is 3.47. The number of nitrogens with zero attached hydrogens (tertiary/aromatic N) is 2. The van der Waals surface area contributed by atoms with Crippen LogP contribution in [0.2, 0.25) is 0 Å². The first kappa shape index (κ1) is 18.3. The minimum Gasteiger partial charge on any atom is -0.481 e. The number of fused-ring (bicyclic) bond motifs is 1. The number of carbonyl (C=O) groups excluding carboxylic acids is 1. The lowest BCUT2D eigenvalue weighted by Crippen LogP contribution is -2.47. The molecular weight excluding hydrogens is 349 g/mol. The summed E-state index contributed by atoms with van der Waals surface area (Å²) in [6.45, 7) is 1.95. The van der Waals surface area contributed by atoms with Crippen molar-refractivity contribution in [3.05, 3.63) is 35.5 Å². The normalized spacial score (nSPS) is 21.2. The van der Waals surface area contributed by atoms with Crippen LogP contribution in [0, 0.1) is 5.92 Å². The number of hydrogen-bond acceptors (Lipinski definition) is 2. The van der Waals surface area contributed by atoms with Gasteiger partial charge in [0, 0.05) is 30.5 Å². The molecule has 3 rings (SSSR count). The maximum absolute atomic E-state index is 12.9. The van der Waals surface area contributed by atoms with Gasteiger partial charge < -0.3 is 14.6 Å². The molecule has 1 saturated heterocycles. The van der Waals surface area contributed by atoms with E-state index in [-0.39, 0.29) is 24.2 Å². The largest absolute Gasteiger partial charge is 0.481 e. The number of halogens is 3. The Labute approximate surface area is 148 Å². The third-order valence-corrected chi connectivity index (χ3v) is 5.08. The average Bonchev–Trinajstić information content (AvgIpc) is 2.90. The van der Waals surface area contributed by atoms with Gasteiger partial charge in [-0.15, -0.1) is 0 Å². The molecule has 1 aliphatic heterocycles. The molecule has 2 atom stereocenters. The molecule has 0 spiro atoms. The second kappa shape index (κ2) is 6.34. The highest BCUT2D eigenvalue weighted by molar-refractivity contribution is 5.99. The number of aliphatic carboxylic acids is 1. The number of alkyl halides is 3. The molecule has 2 unspecified atom stereocenters. The van der Waals surface area contributed by atoms with Crippen molar-refractivity contribution in [2.24, 2.45) is 13.0 Å². The number of rotatable bonds is 2. The number of benzene rings is 1. The number of carboxylic acids is 1. The molecule has 0 radical (unpaired) electrons. The van der Waals surface area contributed by atoms with Crippen LogP contribution in [0.4, 0.5) is 13.2 Å². The van der Waals surface area contributed by atoms with Gasteiger partial charge in [-0.05, 0) is 44.0 Å². The van der Waals surface area contributed by atoms with E-state index in [4.69, 9.17) is 0 Å². The molecule has 1 aromatic carbocycles. The van der Waals surface area contributed by atoms with Crippen molar-refractivity contribution in [3.8, 4) is 0 Å². The van der Waals surface area contributed by atoms with Crippen molar-refractivity contribution in [2.75, 3.05) is 6.54 Å². The van der Waals surface area contributed by atoms with E-state index in [9.17, 15) is 27.9 Å². The smallest absolute Gasteiger partial charge is 0.416 e. The number of carbonyl (C=O) groups is 2. The Balaban J connectivity index is 1.97. The molecule has 2 aromatic rings. The standard InChI is InChI=1S/C18H19F3N2O3/c1-10-3-4-11(17(25)26)9-23(10)16(24)15-8-12-7-13(18(19,20)21)5-6-14(12)22(15)2/h5-8,10-11H,3-4,9H2,1-2H3,(H,25,26). The molecule has 140 valence electrons. The number of likely N-dealkylation sites (tertiary alicyclic amines) is 1. The highest BCUT2D eigenvalue weighted by Crippen LogP contribution is 2.33. The molecule has 1 fully saturated rings. The molecule has 1 N–H and O–H groups in total. The predicted molar refractivity (Wildman–Crippen MR) is 88.8 cm³/mol. The molecule has 2 heterocycles. The molecule has 0 bridgehead atoms. The van der Waals surface area contributed by atoms with Gasteiger partial charge in [-0.2, -0.15) is 13.2 Å². The Hall–Kier alpha value is -2.51. The zero-order chi connectivity index (χ0) is 19.2. The monoisotopic (exact) mass is 368 g/mol. The fraction of sp³-hybridized carbons (Fsp3) is 0.444. The molecule has 0 saturated carbocycles. The third-order valence-electron chi connectivity index (χ3n) is 5.08. The molecular formula is C18H19F3N2O3. The van der Waals surface area contributed by atoms with Gasteiger partial charge >= 0.3 is 12.1 Å². The minimum absolute atomic E-state index is 0.102. The first-order chi connectivity index (χ1) is 12.1. The molecule has 1 aromatic heterocycles. The molecule has 26 heavy (non-hydrogen) atoms. The quantitative estimate of drug-likeness (QED) is 0.882. The topological polar surface area (TPSA) is 62.5 Å². The van der Waals surface area contributed by atoms with E-state index in [0.717, 1.165) is 12.1 Å². The van der Waals surface area contributed by atoms with Crippen LogP contribution in [0.25, 0.3) is 10.9 Å². The SMILES string of the molecule is CC1CCC(C(=O)O)CN1C(=O)c1cc2cc(C(F)(F)F)ccc2n1C. The number of aryl methyl sites for hydroxylation is 1. The molecule has 8 heteroatoms. The van der Waals surface area contributed by atoms with Crippen molar-refractivity contribution in [1.29, 1.82) is 0 Å². The summed E-state index contributed by atoms with van der Waals surface area (Å²) in [7, 11) is 1.62. The summed E-state index contributed by atoms with van der Waals surface area (Å²) in [6.07, 6.45) is -3.38. The minimum atomic E-state index is -4.45. The zero-order valence-corrected chi connectivity index (χ0v) is 14.4. The Morgan fingerprint density at radius 2 is 1.88 bits per heavy atom. The first-order valence-electron chi connectivity index (χ1n) is 8.30. The van der Waals surface area contributed by atoms with Crippen molar-refractivity contribution in [3.63, 3.8) is 0 Å². The van der Waals surface area contributed by atoms with Crippen LogP contribution in [0.1, 0.15) is 35.8 Å². The van der Waals surface area contributed by atoms with E-state index in [1.807, 2.05) is 6.92 Å². The van der Waals surface area contributed by atoms with E-state index in [0.29, 0.717) is 23.7 Å². The van der Waals surface area contributed by atoms with Crippen LogP contribution < -0.4 is 0 Å². The second-order valence-electron chi connectivity index (χ2n) is 6.78. The van der Waals surface area contributed by atoms with Crippen molar-refractivity contribution in [2.45, 2.75) is 32.0 Å². The lowest BCUT2D eigenvalue weighted by molar-refractivity contribution is -0.143. The Morgan fingerprint density at radius 3 is 2.50 bits per heavy atom. The van der Waals surface area contributed by atoms with Crippen LogP contribution in [0.15, 0.2) is 24.3 Å². The van der Waals surface area contributed by atoms with E-state index in [1.54, 1.807) is 11.6 Å². The lowest BCUT2D eigenvalue weighted by atomic mass is 9.93. The van der Waals surface area contributed by atoms with E-state index in [2.05, 4.69) is 0 Å². The van der Waals surface area contributed by atoms with Gasteiger partial charge in [0.2, 0.25) is 0 Å². The van der Waals surface area contributed by atoms with Gasteiger partial charge in [0.1, 0.15) is 5.69 Å². The average molecular weight is 368 g/mol. The number of amides is 1. The highest BCUT2D eigenvalue weighted by atomic mass is 19.4. The Kier molecular flexibility index (Phi) is 4.46. The number of piperidine rings is 1. The van der Waals surface area contributed by atoms with Crippen LogP contribution in [0.3, 0.4) is 0 Å². The maximum atomic E-state index is 12.9. The molecule has 1 aliphatic rings. The summed E-state index contributed by atoms with van der Waals surface area (Å²) in [5.74, 6) is -1.93. The number of aromatic nitrogens is 1. The Bertz CT molecular complexity index is 872. The lowest BCUT2D eigenvalue weighted by Gasteiger charge is -2.36. The number of hydrogen-bond donors (Lipinski definition) is 1. The van der Waals surface area contributed by atoms with Gasteiger partial charge in [0.05, 0.1) is 11.5 Å². The number of carboxylic acid groups (broad SMARTS) is 1. The van der Waals surface area contributed by atoms with Crippen molar-refractivity contribution in [1.82, 2.24) is 9.47 Å². The predicted octanol–water partition coefficient (Wildman–Crippen LogP) is 3.52. The summed E-state index contributed by atoms with van der Waals surface area (Å²) >= 11 is 0. The summed E-state index contributed by atoms with van der Waals surface area (Å²) < 4.78 is 40.3. The van der Waals surface area contributed by atoms with Gasteiger partial charge in [0.15, 0.2) is 0 Å². The maximum Gasteiger partial charge on any atom is 0.416 e. The first-order valence-corrected chi connectivity index (χ1v) is 8.30. The van der Waals surface area contributed by atoms with Gasteiger partial charge in [-0.3, -0.25) is 9.59 Å². The van der Waals surface area contributed by atoms with Crippen LogP contribution in [-0.4, -0.2) is 39.0 Å². The molecule has 5 nitrogen and oxygen atoms in total. The summed E-state index contributed by atoms with van der Waals surface area (Å²) in [5, 5.41) is 9.54. The summed E-state index contributed by atoms with van der Waals surface area (Å²) in [4.78, 5) is 25.7. The van der Waals surface area contributed by atoms with Crippen molar-refractivity contribution < 1.29 is 27.9 Å². The van der Waals surface area contributed by atoms with E-state index < -0.39 is 23.6 Å². The molecule has 1 amide bonds. The Morgan fingerprint density at radius 1 is 1.19 bits per heavy atom.